The molecule has 0 atom stereocenters. The lowest BCUT2D eigenvalue weighted by atomic mass is 10.1. The van der Waals surface area contributed by atoms with Crippen molar-refractivity contribution < 1.29 is 9.59 Å². The van der Waals surface area contributed by atoms with Gasteiger partial charge in [-0.15, -0.1) is 0 Å². The summed E-state index contributed by atoms with van der Waals surface area (Å²) in [6.07, 6.45) is 5.84. The van der Waals surface area contributed by atoms with Crippen molar-refractivity contribution in [3.05, 3.63) is 54.1 Å². The molecule has 10 nitrogen and oxygen atoms in total. The quantitative estimate of drug-likeness (QED) is 0.368. The highest BCUT2D eigenvalue weighted by molar-refractivity contribution is 6.04. The average Bonchev–Trinajstić information content (AvgIpc) is 3.47. The van der Waals surface area contributed by atoms with Crippen LogP contribution in [0.4, 0.5) is 0 Å². The number of aromatic nitrogens is 7. The Morgan fingerprint density at radius 1 is 1.03 bits per heavy atom. The van der Waals surface area contributed by atoms with Gasteiger partial charge in [0.15, 0.2) is 17.1 Å². The van der Waals surface area contributed by atoms with E-state index < -0.39 is 0 Å². The minimum Gasteiger partial charge on any atom is -0.355 e. The van der Waals surface area contributed by atoms with Crippen molar-refractivity contribution in [1.29, 1.82) is 0 Å². The summed E-state index contributed by atoms with van der Waals surface area (Å²) in [6, 6.07) is 7.37. The van der Waals surface area contributed by atoms with E-state index >= 15 is 0 Å². The van der Waals surface area contributed by atoms with Crippen molar-refractivity contribution in [1.82, 2.24) is 40.4 Å². The van der Waals surface area contributed by atoms with Gasteiger partial charge in [0.25, 0.3) is 5.91 Å². The zero-order valence-electron chi connectivity index (χ0n) is 18.0. The van der Waals surface area contributed by atoms with Gasteiger partial charge in [0, 0.05) is 55.3 Å². The smallest absolute Gasteiger partial charge is 0.253 e. The molecule has 0 aromatic carbocycles. The third-order valence-corrected chi connectivity index (χ3v) is 5.44. The van der Waals surface area contributed by atoms with Crippen LogP contribution in [-0.4, -0.2) is 53.9 Å². The number of ketones is 1. The maximum atomic E-state index is 12.2. The van der Waals surface area contributed by atoms with Gasteiger partial charge in [-0.2, -0.15) is 5.10 Å². The number of carbonyl (C=O) groups is 2. The molecular weight excluding hydrogens is 420 g/mol. The van der Waals surface area contributed by atoms with Gasteiger partial charge < -0.3 is 10.3 Å². The van der Waals surface area contributed by atoms with Crippen LogP contribution in [0.5, 0.6) is 0 Å². The number of pyridine rings is 3. The van der Waals surface area contributed by atoms with E-state index in [1.807, 2.05) is 25.1 Å². The van der Waals surface area contributed by atoms with Gasteiger partial charge in [-0.05, 0) is 18.2 Å². The first kappa shape index (κ1) is 20.4. The SMILES string of the molecule is CCC(=O)Cc1ccc(-c2cnc3n[nH]c(-c4nc5nccc(C(=O)NC)c5[nH]4)c3c2)cn1. The summed E-state index contributed by atoms with van der Waals surface area (Å²) in [5.41, 5.74) is 5.07. The number of hydrogen-bond donors (Lipinski definition) is 3. The Hall–Kier alpha value is -4.47. The van der Waals surface area contributed by atoms with Gasteiger partial charge in [0.05, 0.1) is 16.5 Å². The molecule has 0 radical (unpaired) electrons. The van der Waals surface area contributed by atoms with E-state index in [9.17, 15) is 9.59 Å². The number of hydrogen-bond acceptors (Lipinski definition) is 7. The van der Waals surface area contributed by atoms with E-state index in [1.165, 1.54) is 0 Å². The summed E-state index contributed by atoms with van der Waals surface area (Å²) in [7, 11) is 1.57. The van der Waals surface area contributed by atoms with Crippen LogP contribution < -0.4 is 5.32 Å². The maximum absolute atomic E-state index is 12.2. The third-order valence-electron chi connectivity index (χ3n) is 5.44. The summed E-state index contributed by atoms with van der Waals surface area (Å²) in [4.78, 5) is 44.7. The van der Waals surface area contributed by atoms with Crippen LogP contribution in [0.3, 0.4) is 0 Å². The monoisotopic (exact) mass is 440 g/mol. The first-order chi connectivity index (χ1) is 16.1. The maximum Gasteiger partial charge on any atom is 0.253 e. The molecule has 0 unspecified atom stereocenters. The first-order valence-corrected chi connectivity index (χ1v) is 10.5. The molecule has 5 aromatic rings. The molecule has 0 saturated heterocycles. The third kappa shape index (κ3) is 3.71. The molecule has 33 heavy (non-hydrogen) atoms. The highest BCUT2D eigenvalue weighted by atomic mass is 16.1. The molecular formula is C23H20N8O2. The van der Waals surface area contributed by atoms with Gasteiger partial charge in [-0.3, -0.25) is 19.7 Å². The van der Waals surface area contributed by atoms with E-state index in [-0.39, 0.29) is 11.7 Å². The summed E-state index contributed by atoms with van der Waals surface area (Å²) < 4.78 is 0. The Balaban J connectivity index is 1.54. The highest BCUT2D eigenvalue weighted by Crippen LogP contribution is 2.29. The van der Waals surface area contributed by atoms with Crippen molar-refractivity contribution in [3.8, 4) is 22.6 Å². The summed E-state index contributed by atoms with van der Waals surface area (Å²) in [5, 5.41) is 10.6. The fourth-order valence-electron chi connectivity index (χ4n) is 3.62. The minimum atomic E-state index is -0.229. The van der Waals surface area contributed by atoms with E-state index in [0.29, 0.717) is 46.7 Å². The standard InChI is InChI=1S/C23H20N8O2/c1-3-15(32)9-14-5-4-12(10-26-14)13-8-17-19(30-31-20(17)27-11-13)22-28-18-16(23(33)24-2)6-7-25-21(18)29-22/h4-8,10-11H,3,9H2,1-2H3,(H,24,33)(H,25,28,29)(H,27,30,31). The average molecular weight is 440 g/mol. The lowest BCUT2D eigenvalue weighted by Gasteiger charge is -2.03. The molecule has 3 N–H and O–H groups in total. The zero-order valence-corrected chi connectivity index (χ0v) is 18.0. The van der Waals surface area contributed by atoms with Crippen LogP contribution in [0.15, 0.2) is 42.9 Å². The molecule has 0 bridgehead atoms. The molecule has 5 rings (SSSR count). The lowest BCUT2D eigenvalue weighted by molar-refractivity contribution is -0.118. The van der Waals surface area contributed by atoms with Gasteiger partial charge in [0.1, 0.15) is 11.5 Å². The fourth-order valence-corrected chi connectivity index (χ4v) is 3.62. The van der Waals surface area contributed by atoms with Crippen molar-refractivity contribution >= 4 is 33.9 Å². The first-order valence-electron chi connectivity index (χ1n) is 10.5. The highest BCUT2D eigenvalue weighted by Gasteiger charge is 2.18. The molecule has 5 heterocycles. The van der Waals surface area contributed by atoms with Crippen molar-refractivity contribution in [2.45, 2.75) is 19.8 Å². The number of H-pyrrole nitrogens is 2. The van der Waals surface area contributed by atoms with Crippen LogP contribution in [0.25, 0.3) is 44.8 Å². The minimum absolute atomic E-state index is 0.154. The van der Waals surface area contributed by atoms with Crippen LogP contribution in [0.2, 0.25) is 0 Å². The summed E-state index contributed by atoms with van der Waals surface area (Å²) in [5.74, 6) is 0.427. The molecule has 0 aliphatic carbocycles. The lowest BCUT2D eigenvalue weighted by Crippen LogP contribution is -2.18. The van der Waals surface area contributed by atoms with E-state index in [4.69, 9.17) is 0 Å². The number of fused-ring (bicyclic) bond motifs is 2. The molecule has 0 saturated carbocycles. The molecule has 1 amide bonds. The van der Waals surface area contributed by atoms with Gasteiger partial charge in [-0.25, -0.2) is 15.0 Å². The van der Waals surface area contributed by atoms with E-state index in [2.05, 4.69) is 40.4 Å². The van der Waals surface area contributed by atoms with E-state index in [0.717, 1.165) is 22.2 Å². The molecule has 0 spiro atoms. The molecule has 164 valence electrons. The zero-order chi connectivity index (χ0) is 22.9. The Kier molecular flexibility index (Phi) is 5.09. The number of rotatable bonds is 6. The largest absolute Gasteiger partial charge is 0.355 e. The second-order valence-electron chi connectivity index (χ2n) is 7.52. The second kappa shape index (κ2) is 8.23. The number of nitrogens with one attached hydrogen (secondary N) is 3. The van der Waals surface area contributed by atoms with Crippen molar-refractivity contribution in [2.24, 2.45) is 0 Å². The molecule has 0 aliphatic rings. The van der Waals surface area contributed by atoms with Crippen molar-refractivity contribution in [2.75, 3.05) is 7.05 Å². The van der Waals surface area contributed by atoms with Crippen LogP contribution in [0, 0.1) is 0 Å². The fraction of sp³-hybridized carbons (Fsp3) is 0.174. The Labute approximate surface area is 187 Å². The van der Waals surface area contributed by atoms with Crippen LogP contribution in [0.1, 0.15) is 29.4 Å². The van der Waals surface area contributed by atoms with E-state index in [1.54, 1.807) is 31.7 Å². The molecule has 5 aromatic heterocycles. The van der Waals surface area contributed by atoms with Crippen molar-refractivity contribution in [3.63, 3.8) is 0 Å². The second-order valence-corrected chi connectivity index (χ2v) is 7.52. The van der Waals surface area contributed by atoms with Gasteiger partial charge in [0.2, 0.25) is 0 Å². The number of nitrogens with zero attached hydrogens (tertiary/aromatic N) is 5. The Morgan fingerprint density at radius 3 is 2.64 bits per heavy atom. The Morgan fingerprint density at radius 2 is 1.88 bits per heavy atom. The molecule has 10 heteroatoms. The number of carbonyl (C=O) groups excluding carboxylic acids is 2. The molecule has 0 fully saturated rings. The van der Waals surface area contributed by atoms with Gasteiger partial charge in [-0.1, -0.05) is 13.0 Å². The summed E-state index contributed by atoms with van der Waals surface area (Å²) in [6.45, 7) is 1.84. The van der Waals surface area contributed by atoms with Gasteiger partial charge >= 0.3 is 0 Å². The number of imidazole rings is 1. The predicted octanol–water partition coefficient (Wildman–Crippen LogP) is 2.84. The molecule has 0 aliphatic heterocycles. The Bertz CT molecular complexity index is 1500. The topological polar surface area (TPSA) is 142 Å². The summed E-state index contributed by atoms with van der Waals surface area (Å²) >= 11 is 0. The van der Waals surface area contributed by atoms with Crippen LogP contribution >= 0.6 is 0 Å². The predicted molar refractivity (Wildman–Crippen MR) is 122 cm³/mol. The van der Waals surface area contributed by atoms with Crippen LogP contribution in [-0.2, 0) is 11.2 Å². The number of amides is 1. The number of Topliss-reactive ketones (excluding diaryl/α,β-unsaturated/α-hetero) is 1. The normalized spacial score (nSPS) is 11.2. The number of aromatic amines is 2.